The lowest BCUT2D eigenvalue weighted by molar-refractivity contribution is -0.118. The number of benzene rings is 2. The Morgan fingerprint density at radius 1 is 1.09 bits per heavy atom. The molecule has 10 heteroatoms. The highest BCUT2D eigenvalue weighted by Gasteiger charge is 2.18. The van der Waals surface area contributed by atoms with Crippen LogP contribution in [0.2, 0.25) is 0 Å². The molecule has 0 aliphatic rings. The molecule has 1 N–H and O–H groups in total. The highest BCUT2D eigenvalue weighted by molar-refractivity contribution is 7.99. The number of hydrazone groups is 1. The number of furan rings is 1. The van der Waals surface area contributed by atoms with Crippen LogP contribution in [0.5, 0.6) is 11.5 Å². The third kappa shape index (κ3) is 5.98. The quantitative estimate of drug-likeness (QED) is 0.199. The lowest BCUT2D eigenvalue weighted by atomic mass is 10.2. The summed E-state index contributed by atoms with van der Waals surface area (Å²) in [6.07, 6.45) is 6.48. The first-order valence-electron chi connectivity index (χ1n) is 10.6. The van der Waals surface area contributed by atoms with Gasteiger partial charge in [0.1, 0.15) is 5.76 Å². The van der Waals surface area contributed by atoms with E-state index in [0.29, 0.717) is 28.2 Å². The Balaban J connectivity index is 1.50. The van der Waals surface area contributed by atoms with Crippen LogP contribution in [-0.2, 0) is 4.79 Å². The van der Waals surface area contributed by atoms with Gasteiger partial charge in [-0.15, -0.1) is 10.2 Å². The summed E-state index contributed by atoms with van der Waals surface area (Å²) in [4.78, 5) is 12.3. The maximum atomic E-state index is 12.3. The predicted octanol–water partition coefficient (Wildman–Crippen LogP) is 4.45. The zero-order valence-corrected chi connectivity index (χ0v) is 19.9. The van der Waals surface area contributed by atoms with Gasteiger partial charge >= 0.3 is 0 Å². The molecule has 0 unspecified atom stereocenters. The Bertz CT molecular complexity index is 1320. The predicted molar refractivity (Wildman–Crippen MR) is 135 cm³/mol. The van der Waals surface area contributed by atoms with E-state index in [9.17, 15) is 4.79 Å². The molecule has 9 nitrogen and oxygen atoms in total. The Morgan fingerprint density at radius 2 is 1.91 bits per heavy atom. The number of ether oxygens (including phenoxy) is 2. The van der Waals surface area contributed by atoms with Crippen LogP contribution in [0.3, 0.4) is 0 Å². The number of aromatic nitrogens is 3. The minimum absolute atomic E-state index is 0.107. The molecule has 4 rings (SSSR count). The second kappa shape index (κ2) is 11.7. The summed E-state index contributed by atoms with van der Waals surface area (Å²) in [5.41, 5.74) is 4.16. The largest absolute Gasteiger partial charge is 0.493 e. The van der Waals surface area contributed by atoms with Gasteiger partial charge in [0.2, 0.25) is 0 Å². The van der Waals surface area contributed by atoms with Crippen molar-refractivity contribution in [3.05, 3.63) is 78.8 Å². The van der Waals surface area contributed by atoms with Gasteiger partial charge < -0.3 is 13.9 Å². The van der Waals surface area contributed by atoms with Gasteiger partial charge in [-0.1, -0.05) is 30.0 Å². The van der Waals surface area contributed by atoms with Crippen LogP contribution >= 0.6 is 11.8 Å². The van der Waals surface area contributed by atoms with E-state index in [4.69, 9.17) is 13.9 Å². The Hall–Kier alpha value is -4.31. The number of methoxy groups -OCH3 is 2. The number of carbonyl (C=O) groups excluding carboxylic acids is 1. The number of para-hydroxylation sites is 1. The van der Waals surface area contributed by atoms with Crippen LogP contribution in [0.25, 0.3) is 23.2 Å². The fourth-order valence-corrected chi connectivity index (χ4v) is 3.92. The number of allylic oxidation sites excluding steroid dienone is 1. The standard InChI is InChI=1S/C25H23N5O4S/c1-32-21-13-12-18(16-22(21)33-2)24-28-29-25(30(24)19-8-4-3-5-9-19)35-17-23(31)27-26-14-6-10-20-11-7-15-34-20/h3-16H,17H2,1-2H3,(H,27,31)/b10-6+,26-14-. The van der Waals surface area contributed by atoms with Gasteiger partial charge in [0, 0.05) is 17.5 Å². The maximum Gasteiger partial charge on any atom is 0.250 e. The van der Waals surface area contributed by atoms with Gasteiger partial charge in [0.15, 0.2) is 22.5 Å². The molecule has 0 aliphatic heterocycles. The molecule has 0 spiro atoms. The van der Waals surface area contributed by atoms with Gasteiger partial charge in [-0.2, -0.15) is 5.10 Å². The van der Waals surface area contributed by atoms with Crippen molar-refractivity contribution in [1.29, 1.82) is 0 Å². The van der Waals surface area contributed by atoms with E-state index < -0.39 is 0 Å². The minimum Gasteiger partial charge on any atom is -0.493 e. The van der Waals surface area contributed by atoms with Crippen molar-refractivity contribution < 1.29 is 18.7 Å². The highest BCUT2D eigenvalue weighted by atomic mass is 32.2. The van der Waals surface area contributed by atoms with Crippen molar-refractivity contribution in [3.8, 4) is 28.6 Å². The number of amides is 1. The van der Waals surface area contributed by atoms with Crippen LogP contribution < -0.4 is 14.9 Å². The molecule has 0 atom stereocenters. The zero-order valence-electron chi connectivity index (χ0n) is 19.1. The molecule has 2 aromatic carbocycles. The summed E-state index contributed by atoms with van der Waals surface area (Å²) in [6.45, 7) is 0. The van der Waals surface area contributed by atoms with Crippen molar-refractivity contribution in [1.82, 2.24) is 20.2 Å². The molecule has 2 aromatic heterocycles. The number of thioether (sulfide) groups is 1. The summed E-state index contributed by atoms with van der Waals surface area (Å²) < 4.78 is 17.9. The molecule has 2 heterocycles. The van der Waals surface area contributed by atoms with E-state index in [1.165, 1.54) is 18.0 Å². The first-order valence-corrected chi connectivity index (χ1v) is 11.6. The van der Waals surface area contributed by atoms with Crippen molar-refractivity contribution in [2.24, 2.45) is 5.10 Å². The maximum absolute atomic E-state index is 12.3. The van der Waals surface area contributed by atoms with Crippen molar-refractivity contribution in [2.45, 2.75) is 5.16 Å². The van der Waals surface area contributed by atoms with Crippen LogP contribution in [0.1, 0.15) is 5.76 Å². The number of nitrogens with zero attached hydrogens (tertiary/aromatic N) is 4. The third-order valence-electron chi connectivity index (χ3n) is 4.78. The number of hydrogen-bond donors (Lipinski definition) is 1. The minimum atomic E-state index is -0.270. The molecule has 0 bridgehead atoms. The molecule has 0 saturated carbocycles. The summed E-state index contributed by atoms with van der Waals surface area (Å²) in [6, 6.07) is 18.9. The second-order valence-electron chi connectivity index (χ2n) is 7.02. The van der Waals surface area contributed by atoms with Crippen molar-refractivity contribution >= 4 is 30.0 Å². The number of rotatable bonds is 10. The molecular weight excluding hydrogens is 466 g/mol. The monoisotopic (exact) mass is 489 g/mol. The van der Waals surface area contributed by atoms with Crippen LogP contribution in [0.4, 0.5) is 0 Å². The molecule has 1 amide bonds. The number of carbonyl (C=O) groups is 1. The lowest BCUT2D eigenvalue weighted by Gasteiger charge is -2.12. The third-order valence-corrected chi connectivity index (χ3v) is 5.70. The molecular formula is C25H23N5O4S. The molecule has 0 radical (unpaired) electrons. The topological polar surface area (TPSA) is 104 Å². The Morgan fingerprint density at radius 3 is 2.66 bits per heavy atom. The Kier molecular flexibility index (Phi) is 7.97. The summed E-state index contributed by atoms with van der Waals surface area (Å²) in [7, 11) is 3.17. The van der Waals surface area contributed by atoms with E-state index in [0.717, 1.165) is 11.3 Å². The van der Waals surface area contributed by atoms with Gasteiger partial charge in [-0.25, -0.2) is 5.43 Å². The summed E-state index contributed by atoms with van der Waals surface area (Å²) >= 11 is 1.26. The van der Waals surface area contributed by atoms with Gasteiger partial charge in [-0.05, 0) is 54.6 Å². The van der Waals surface area contributed by atoms with Crippen LogP contribution in [-0.4, -0.2) is 46.9 Å². The molecule has 0 saturated heterocycles. The van der Waals surface area contributed by atoms with Gasteiger partial charge in [0.25, 0.3) is 5.91 Å². The van der Waals surface area contributed by atoms with Gasteiger partial charge in [0.05, 0.1) is 26.2 Å². The Labute approximate surface area is 206 Å². The molecule has 0 aliphatic carbocycles. The van der Waals surface area contributed by atoms with E-state index in [-0.39, 0.29) is 11.7 Å². The zero-order chi connectivity index (χ0) is 24.5. The van der Waals surface area contributed by atoms with Crippen molar-refractivity contribution in [3.63, 3.8) is 0 Å². The lowest BCUT2D eigenvalue weighted by Crippen LogP contribution is -2.19. The average molecular weight is 490 g/mol. The molecule has 0 fully saturated rings. The summed E-state index contributed by atoms with van der Waals surface area (Å²) in [5.74, 6) is 2.35. The SMILES string of the molecule is COc1ccc(-c2nnc(SCC(=O)N/N=C\C=C\c3ccco3)n2-c2ccccc2)cc1OC. The molecule has 4 aromatic rings. The fraction of sp³-hybridized carbons (Fsp3) is 0.120. The molecule has 35 heavy (non-hydrogen) atoms. The van der Waals surface area contributed by atoms with Crippen molar-refractivity contribution in [2.75, 3.05) is 20.0 Å². The van der Waals surface area contributed by atoms with Gasteiger partial charge in [-0.3, -0.25) is 9.36 Å². The normalized spacial score (nSPS) is 11.3. The van der Waals surface area contributed by atoms with Crippen LogP contribution in [0, 0.1) is 0 Å². The van der Waals surface area contributed by atoms with E-state index in [1.807, 2.05) is 59.2 Å². The number of nitrogens with one attached hydrogen (secondary N) is 1. The van der Waals surface area contributed by atoms with E-state index in [2.05, 4.69) is 20.7 Å². The fourth-order valence-electron chi connectivity index (χ4n) is 3.17. The smallest absolute Gasteiger partial charge is 0.250 e. The first-order chi connectivity index (χ1) is 17.2. The highest BCUT2D eigenvalue weighted by Crippen LogP contribution is 2.34. The summed E-state index contributed by atoms with van der Waals surface area (Å²) in [5, 5.41) is 13.2. The van der Waals surface area contributed by atoms with Crippen LogP contribution in [0.15, 0.2) is 87.7 Å². The van der Waals surface area contributed by atoms with E-state index in [1.54, 1.807) is 38.7 Å². The molecule has 178 valence electrons. The second-order valence-corrected chi connectivity index (χ2v) is 7.97. The number of hydrogen-bond acceptors (Lipinski definition) is 8. The van der Waals surface area contributed by atoms with E-state index >= 15 is 0 Å². The first kappa shape index (κ1) is 23.8. The average Bonchev–Trinajstić information content (AvgIpc) is 3.57.